The number of hydrogen-bond donors (Lipinski definition) is 1. The number of rotatable bonds is 7. The van der Waals surface area contributed by atoms with Gasteiger partial charge >= 0.3 is 6.61 Å². The lowest BCUT2D eigenvalue weighted by Gasteiger charge is -2.11. The van der Waals surface area contributed by atoms with Crippen molar-refractivity contribution in [2.75, 3.05) is 14.2 Å². The molecule has 27 heavy (non-hydrogen) atoms. The molecule has 1 aromatic carbocycles. The molecular weight excluding hydrogens is 384 g/mol. The number of methoxy groups -OCH3 is 2. The second-order valence-electron chi connectivity index (χ2n) is 5.22. The highest BCUT2D eigenvalue weighted by molar-refractivity contribution is 7.84. The van der Waals surface area contributed by atoms with E-state index in [0.717, 1.165) is 0 Å². The lowest BCUT2D eigenvalue weighted by molar-refractivity contribution is -0.0498. The van der Waals surface area contributed by atoms with E-state index in [1.54, 1.807) is 6.07 Å². The standard InChI is InChI=1S/C16H15F2N3O5S/c1-24-13-5-6-19-11(14(13)25-2)8-27(23)16-20-10-4-3-9(26-15(17)18)7-12(10)21(16)22/h3-7,15,22H,8H2,1-2H3. The number of alkyl halides is 2. The van der Waals surface area contributed by atoms with Crippen molar-refractivity contribution in [1.82, 2.24) is 14.7 Å². The maximum atomic E-state index is 12.7. The molecule has 144 valence electrons. The second-order valence-corrected chi connectivity index (χ2v) is 6.56. The van der Waals surface area contributed by atoms with Crippen LogP contribution in [0.4, 0.5) is 8.78 Å². The van der Waals surface area contributed by atoms with E-state index in [0.29, 0.717) is 21.9 Å². The number of benzene rings is 1. The first-order valence-corrected chi connectivity index (χ1v) is 8.87. The first kappa shape index (κ1) is 18.8. The van der Waals surface area contributed by atoms with E-state index in [1.165, 1.54) is 38.6 Å². The minimum Gasteiger partial charge on any atom is -0.493 e. The summed E-state index contributed by atoms with van der Waals surface area (Å²) in [6, 6.07) is 5.43. The summed E-state index contributed by atoms with van der Waals surface area (Å²) < 4.78 is 52.7. The number of halogens is 2. The zero-order chi connectivity index (χ0) is 19.6. The number of pyridine rings is 1. The average Bonchev–Trinajstić information content (AvgIpc) is 2.97. The molecule has 0 radical (unpaired) electrons. The van der Waals surface area contributed by atoms with Crippen LogP contribution in [0.1, 0.15) is 5.69 Å². The molecular formula is C16H15F2N3O5S. The molecule has 0 spiro atoms. The van der Waals surface area contributed by atoms with E-state index < -0.39 is 17.4 Å². The molecule has 0 fully saturated rings. The van der Waals surface area contributed by atoms with Crippen molar-refractivity contribution in [3.05, 3.63) is 36.2 Å². The van der Waals surface area contributed by atoms with E-state index in [1.807, 2.05) is 0 Å². The fourth-order valence-electron chi connectivity index (χ4n) is 2.49. The summed E-state index contributed by atoms with van der Waals surface area (Å²) in [5, 5.41) is 10.1. The zero-order valence-electron chi connectivity index (χ0n) is 14.3. The zero-order valence-corrected chi connectivity index (χ0v) is 15.1. The second kappa shape index (κ2) is 7.74. The van der Waals surface area contributed by atoms with Gasteiger partial charge in [0, 0.05) is 18.3 Å². The number of hydrogen-bond acceptors (Lipinski definition) is 7. The molecule has 11 heteroatoms. The molecule has 1 N–H and O–H groups in total. The number of imidazole rings is 1. The van der Waals surface area contributed by atoms with Gasteiger partial charge in [-0.25, -0.2) is 4.98 Å². The molecule has 0 amide bonds. The van der Waals surface area contributed by atoms with Crippen LogP contribution in [0.25, 0.3) is 11.0 Å². The van der Waals surface area contributed by atoms with Crippen LogP contribution in [0.2, 0.25) is 0 Å². The molecule has 8 nitrogen and oxygen atoms in total. The van der Waals surface area contributed by atoms with Crippen LogP contribution in [0.15, 0.2) is 35.6 Å². The highest BCUT2D eigenvalue weighted by Gasteiger charge is 2.21. The summed E-state index contributed by atoms with van der Waals surface area (Å²) in [6.45, 7) is -3.00. The van der Waals surface area contributed by atoms with Crippen LogP contribution < -0.4 is 14.2 Å². The maximum Gasteiger partial charge on any atom is 0.387 e. The summed E-state index contributed by atoms with van der Waals surface area (Å²) >= 11 is 0. The summed E-state index contributed by atoms with van der Waals surface area (Å²) in [6.07, 6.45) is 1.48. The maximum absolute atomic E-state index is 12.7. The van der Waals surface area contributed by atoms with Crippen LogP contribution in [0.3, 0.4) is 0 Å². The molecule has 2 aromatic heterocycles. The molecule has 3 rings (SSSR count). The molecule has 0 saturated carbocycles. The molecule has 1 atom stereocenters. The number of ether oxygens (including phenoxy) is 3. The third-order valence-corrected chi connectivity index (χ3v) is 4.84. The van der Waals surface area contributed by atoms with E-state index in [-0.39, 0.29) is 27.7 Å². The Morgan fingerprint density at radius 3 is 2.70 bits per heavy atom. The first-order chi connectivity index (χ1) is 12.9. The molecule has 3 aromatic rings. The average molecular weight is 399 g/mol. The topological polar surface area (TPSA) is 95.7 Å². The Kier molecular flexibility index (Phi) is 5.40. The lowest BCUT2D eigenvalue weighted by Crippen LogP contribution is -2.07. The highest BCUT2D eigenvalue weighted by atomic mass is 32.2. The molecule has 1 unspecified atom stereocenters. The van der Waals surface area contributed by atoms with Crippen LogP contribution in [0, 0.1) is 0 Å². The number of fused-ring (bicyclic) bond motifs is 1. The molecule has 0 bridgehead atoms. The normalized spacial score (nSPS) is 12.3. The molecule has 0 aliphatic rings. The van der Waals surface area contributed by atoms with E-state index >= 15 is 0 Å². The van der Waals surface area contributed by atoms with Crippen LogP contribution in [-0.2, 0) is 16.6 Å². The molecule has 0 saturated heterocycles. The largest absolute Gasteiger partial charge is 0.493 e. The number of nitrogens with zero attached hydrogens (tertiary/aromatic N) is 3. The highest BCUT2D eigenvalue weighted by Crippen LogP contribution is 2.31. The predicted molar refractivity (Wildman–Crippen MR) is 91.0 cm³/mol. The van der Waals surface area contributed by atoms with Crippen LogP contribution in [-0.4, -0.2) is 44.9 Å². The molecule has 0 aliphatic carbocycles. The Morgan fingerprint density at radius 2 is 2.04 bits per heavy atom. The van der Waals surface area contributed by atoms with Gasteiger partial charge in [-0.05, 0) is 12.1 Å². The monoisotopic (exact) mass is 399 g/mol. The smallest absolute Gasteiger partial charge is 0.387 e. The van der Waals surface area contributed by atoms with E-state index in [4.69, 9.17) is 9.47 Å². The van der Waals surface area contributed by atoms with Gasteiger partial charge in [-0.1, -0.05) is 0 Å². The van der Waals surface area contributed by atoms with Crippen LogP contribution >= 0.6 is 0 Å². The van der Waals surface area contributed by atoms with Crippen LogP contribution in [0.5, 0.6) is 17.2 Å². The lowest BCUT2D eigenvalue weighted by atomic mass is 10.3. The SMILES string of the molecule is COc1ccnc(CS(=O)c2nc3ccc(OC(F)F)cc3n2O)c1OC. The fraction of sp³-hybridized carbons (Fsp3) is 0.250. The Bertz CT molecular complexity index is 996. The van der Waals surface area contributed by atoms with Crippen molar-refractivity contribution in [1.29, 1.82) is 0 Å². The molecule has 2 heterocycles. The Labute approximate surface area is 154 Å². The molecule has 0 aliphatic heterocycles. The van der Waals surface area contributed by atoms with E-state index in [9.17, 15) is 18.2 Å². The predicted octanol–water partition coefficient (Wildman–Crippen LogP) is 2.59. The van der Waals surface area contributed by atoms with Gasteiger partial charge in [0.2, 0.25) is 5.16 Å². The Morgan fingerprint density at radius 1 is 1.26 bits per heavy atom. The van der Waals surface area contributed by atoms with Crippen molar-refractivity contribution in [2.45, 2.75) is 17.5 Å². The Hall–Kier alpha value is -2.95. The van der Waals surface area contributed by atoms with Gasteiger partial charge in [0.05, 0.1) is 42.0 Å². The van der Waals surface area contributed by atoms with Gasteiger partial charge in [-0.3, -0.25) is 9.19 Å². The van der Waals surface area contributed by atoms with Gasteiger partial charge in [0.25, 0.3) is 0 Å². The van der Waals surface area contributed by atoms with Gasteiger partial charge in [-0.15, -0.1) is 0 Å². The van der Waals surface area contributed by atoms with Gasteiger partial charge in [0.1, 0.15) is 11.3 Å². The van der Waals surface area contributed by atoms with Crippen molar-refractivity contribution in [3.63, 3.8) is 0 Å². The third-order valence-electron chi connectivity index (χ3n) is 3.64. The Balaban J connectivity index is 1.93. The van der Waals surface area contributed by atoms with Gasteiger partial charge < -0.3 is 19.4 Å². The summed E-state index contributed by atoms with van der Waals surface area (Å²) in [5.74, 6) is 0.485. The minimum absolute atomic E-state index is 0.0852. The van der Waals surface area contributed by atoms with Gasteiger partial charge in [-0.2, -0.15) is 13.5 Å². The third kappa shape index (κ3) is 3.77. The summed E-state index contributed by atoms with van der Waals surface area (Å²) in [4.78, 5) is 8.23. The van der Waals surface area contributed by atoms with Crippen molar-refractivity contribution in [2.24, 2.45) is 0 Å². The fourth-order valence-corrected chi connectivity index (χ4v) is 3.56. The minimum atomic E-state index is -3.00. The first-order valence-electron chi connectivity index (χ1n) is 7.55. The van der Waals surface area contributed by atoms with Crippen molar-refractivity contribution >= 4 is 21.8 Å². The number of aromatic nitrogens is 3. The van der Waals surface area contributed by atoms with Gasteiger partial charge in [0.15, 0.2) is 11.5 Å². The van der Waals surface area contributed by atoms with Crippen molar-refractivity contribution in [3.8, 4) is 17.2 Å². The summed E-state index contributed by atoms with van der Waals surface area (Å²) in [7, 11) is 1.09. The quantitative estimate of drug-likeness (QED) is 0.610. The summed E-state index contributed by atoms with van der Waals surface area (Å²) in [5.41, 5.74) is 0.707. The van der Waals surface area contributed by atoms with E-state index in [2.05, 4.69) is 14.7 Å². The van der Waals surface area contributed by atoms with Crippen molar-refractivity contribution < 1.29 is 32.4 Å².